The largest absolute Gasteiger partial charge is 0.373 e. The van der Waals surface area contributed by atoms with Crippen molar-refractivity contribution in [2.45, 2.75) is 13.0 Å². The van der Waals surface area contributed by atoms with Crippen LogP contribution in [0.1, 0.15) is 12.0 Å². The zero-order chi connectivity index (χ0) is 14.9. The summed E-state index contributed by atoms with van der Waals surface area (Å²) in [5, 5.41) is 6.40. The van der Waals surface area contributed by atoms with E-state index in [0.717, 1.165) is 37.7 Å². The van der Waals surface area contributed by atoms with Gasteiger partial charge in [-0.15, -0.1) is 0 Å². The van der Waals surface area contributed by atoms with Gasteiger partial charge < -0.3 is 15.5 Å². The van der Waals surface area contributed by atoms with Crippen LogP contribution in [0.3, 0.4) is 0 Å². The van der Waals surface area contributed by atoms with E-state index >= 15 is 0 Å². The highest BCUT2D eigenvalue weighted by atomic mass is 15.1. The standard InChI is InChI=1S/C17H24N4/c1-18-16-10-6-11-17(20-16)19-12-7-13-21(2)14-15-8-4-3-5-9-15/h3-6,8-11H,7,12-14H2,1-2H3,(H2,18,19,20). The van der Waals surface area contributed by atoms with Crippen molar-refractivity contribution in [3.8, 4) is 0 Å². The average molecular weight is 284 g/mol. The Labute approximate surface area is 127 Å². The molecule has 0 aliphatic carbocycles. The molecule has 0 atom stereocenters. The van der Waals surface area contributed by atoms with E-state index in [-0.39, 0.29) is 0 Å². The molecule has 1 aromatic heterocycles. The van der Waals surface area contributed by atoms with Crippen molar-refractivity contribution in [3.63, 3.8) is 0 Å². The first kappa shape index (κ1) is 15.3. The van der Waals surface area contributed by atoms with Gasteiger partial charge in [-0.1, -0.05) is 36.4 Å². The Morgan fingerprint density at radius 2 is 1.76 bits per heavy atom. The van der Waals surface area contributed by atoms with E-state index < -0.39 is 0 Å². The Kier molecular flexibility index (Phi) is 6.03. The number of rotatable bonds is 8. The molecule has 112 valence electrons. The number of pyridine rings is 1. The summed E-state index contributed by atoms with van der Waals surface area (Å²) in [6.45, 7) is 2.99. The predicted molar refractivity (Wildman–Crippen MR) is 89.7 cm³/mol. The number of hydrogen-bond acceptors (Lipinski definition) is 4. The van der Waals surface area contributed by atoms with Gasteiger partial charge in [-0.05, 0) is 37.7 Å². The van der Waals surface area contributed by atoms with Crippen LogP contribution in [0.2, 0.25) is 0 Å². The smallest absolute Gasteiger partial charge is 0.128 e. The van der Waals surface area contributed by atoms with Gasteiger partial charge in [0.1, 0.15) is 11.6 Å². The lowest BCUT2D eigenvalue weighted by Crippen LogP contribution is -2.21. The summed E-state index contributed by atoms with van der Waals surface area (Å²) >= 11 is 0. The summed E-state index contributed by atoms with van der Waals surface area (Å²) in [4.78, 5) is 6.78. The van der Waals surface area contributed by atoms with E-state index in [1.807, 2.05) is 25.2 Å². The SMILES string of the molecule is CNc1cccc(NCCCN(C)Cc2ccccc2)n1. The molecule has 2 rings (SSSR count). The summed E-state index contributed by atoms with van der Waals surface area (Å²) < 4.78 is 0. The number of anilines is 2. The Balaban J connectivity index is 1.67. The van der Waals surface area contributed by atoms with Crippen LogP contribution in [0.4, 0.5) is 11.6 Å². The monoisotopic (exact) mass is 284 g/mol. The van der Waals surface area contributed by atoms with E-state index in [4.69, 9.17) is 0 Å². The molecule has 0 saturated carbocycles. The van der Waals surface area contributed by atoms with Crippen molar-refractivity contribution in [2.24, 2.45) is 0 Å². The molecule has 4 heteroatoms. The number of hydrogen-bond donors (Lipinski definition) is 2. The van der Waals surface area contributed by atoms with E-state index in [2.05, 4.69) is 57.9 Å². The minimum atomic E-state index is 0.890. The molecule has 0 radical (unpaired) electrons. The molecule has 0 bridgehead atoms. The highest BCUT2D eigenvalue weighted by Crippen LogP contribution is 2.08. The second kappa shape index (κ2) is 8.27. The minimum Gasteiger partial charge on any atom is -0.373 e. The third-order valence-corrected chi connectivity index (χ3v) is 3.32. The second-order valence-corrected chi connectivity index (χ2v) is 5.16. The van der Waals surface area contributed by atoms with Gasteiger partial charge >= 0.3 is 0 Å². The summed E-state index contributed by atoms with van der Waals surface area (Å²) in [6, 6.07) is 16.5. The fraction of sp³-hybridized carbons (Fsp3) is 0.353. The van der Waals surface area contributed by atoms with Crippen molar-refractivity contribution in [1.82, 2.24) is 9.88 Å². The topological polar surface area (TPSA) is 40.2 Å². The molecule has 2 aromatic rings. The molecule has 1 heterocycles. The van der Waals surface area contributed by atoms with Gasteiger partial charge in [0.05, 0.1) is 0 Å². The van der Waals surface area contributed by atoms with Gasteiger partial charge in [0.25, 0.3) is 0 Å². The molecule has 1 aromatic carbocycles. The van der Waals surface area contributed by atoms with Gasteiger partial charge in [-0.2, -0.15) is 0 Å². The van der Waals surface area contributed by atoms with Gasteiger partial charge in [0.2, 0.25) is 0 Å². The highest BCUT2D eigenvalue weighted by molar-refractivity contribution is 5.44. The predicted octanol–water partition coefficient (Wildman–Crippen LogP) is 3.06. The Bertz CT molecular complexity index is 527. The number of aromatic nitrogens is 1. The molecule has 2 N–H and O–H groups in total. The first-order chi connectivity index (χ1) is 10.3. The third-order valence-electron chi connectivity index (χ3n) is 3.32. The molecule has 0 unspecified atom stereocenters. The van der Waals surface area contributed by atoms with Crippen LogP contribution < -0.4 is 10.6 Å². The van der Waals surface area contributed by atoms with Gasteiger partial charge in [-0.3, -0.25) is 0 Å². The van der Waals surface area contributed by atoms with Crippen LogP contribution >= 0.6 is 0 Å². The Hall–Kier alpha value is -2.07. The molecule has 0 aliphatic heterocycles. The van der Waals surface area contributed by atoms with Crippen LogP contribution in [-0.2, 0) is 6.54 Å². The first-order valence-electron chi connectivity index (χ1n) is 7.39. The molecule has 0 amide bonds. The van der Waals surface area contributed by atoms with Crippen molar-refractivity contribution in [3.05, 3.63) is 54.1 Å². The lowest BCUT2D eigenvalue weighted by atomic mass is 10.2. The zero-order valence-corrected chi connectivity index (χ0v) is 12.8. The van der Waals surface area contributed by atoms with Gasteiger partial charge in [0.15, 0.2) is 0 Å². The number of nitrogens with one attached hydrogen (secondary N) is 2. The normalized spacial score (nSPS) is 10.6. The third kappa shape index (κ3) is 5.44. The molecular formula is C17H24N4. The Morgan fingerprint density at radius 3 is 2.52 bits per heavy atom. The van der Waals surface area contributed by atoms with E-state index in [1.165, 1.54) is 5.56 Å². The van der Waals surface area contributed by atoms with E-state index in [0.29, 0.717) is 0 Å². The van der Waals surface area contributed by atoms with Crippen molar-refractivity contribution in [2.75, 3.05) is 37.8 Å². The maximum Gasteiger partial charge on any atom is 0.128 e. The lowest BCUT2D eigenvalue weighted by molar-refractivity contribution is 0.325. The van der Waals surface area contributed by atoms with Crippen molar-refractivity contribution in [1.29, 1.82) is 0 Å². The van der Waals surface area contributed by atoms with E-state index in [9.17, 15) is 0 Å². The summed E-state index contributed by atoms with van der Waals surface area (Å²) in [7, 11) is 4.04. The highest BCUT2D eigenvalue weighted by Gasteiger charge is 2.00. The number of benzene rings is 1. The van der Waals surface area contributed by atoms with Crippen LogP contribution in [0.5, 0.6) is 0 Å². The average Bonchev–Trinajstić information content (AvgIpc) is 2.53. The summed E-state index contributed by atoms with van der Waals surface area (Å²) in [6.07, 6.45) is 1.09. The maximum absolute atomic E-state index is 4.44. The van der Waals surface area contributed by atoms with Gasteiger partial charge in [-0.25, -0.2) is 4.98 Å². The summed E-state index contributed by atoms with van der Waals surface area (Å²) in [5.41, 5.74) is 1.36. The maximum atomic E-state index is 4.44. The molecular weight excluding hydrogens is 260 g/mol. The zero-order valence-electron chi connectivity index (χ0n) is 12.8. The molecule has 0 aliphatic rings. The first-order valence-corrected chi connectivity index (χ1v) is 7.39. The quantitative estimate of drug-likeness (QED) is 0.731. The molecule has 0 saturated heterocycles. The molecule has 0 spiro atoms. The lowest BCUT2D eigenvalue weighted by Gasteiger charge is -2.17. The van der Waals surface area contributed by atoms with Crippen LogP contribution in [-0.4, -0.2) is 37.1 Å². The fourth-order valence-corrected chi connectivity index (χ4v) is 2.21. The minimum absolute atomic E-state index is 0.890. The molecule has 4 nitrogen and oxygen atoms in total. The van der Waals surface area contributed by atoms with Crippen molar-refractivity contribution >= 4 is 11.6 Å². The van der Waals surface area contributed by atoms with Crippen LogP contribution in [0.25, 0.3) is 0 Å². The Morgan fingerprint density at radius 1 is 1.00 bits per heavy atom. The van der Waals surface area contributed by atoms with E-state index in [1.54, 1.807) is 0 Å². The number of nitrogens with zero attached hydrogens (tertiary/aromatic N) is 2. The summed E-state index contributed by atoms with van der Waals surface area (Å²) in [5.74, 6) is 1.81. The fourth-order valence-electron chi connectivity index (χ4n) is 2.21. The van der Waals surface area contributed by atoms with Crippen molar-refractivity contribution < 1.29 is 0 Å². The second-order valence-electron chi connectivity index (χ2n) is 5.16. The van der Waals surface area contributed by atoms with Crippen LogP contribution in [0.15, 0.2) is 48.5 Å². The van der Waals surface area contributed by atoms with Gasteiger partial charge in [0, 0.05) is 20.1 Å². The molecule has 21 heavy (non-hydrogen) atoms. The van der Waals surface area contributed by atoms with Crippen LogP contribution in [0, 0.1) is 0 Å². The molecule has 0 fully saturated rings.